The van der Waals surface area contributed by atoms with E-state index in [1.807, 2.05) is 19.1 Å². The van der Waals surface area contributed by atoms with Crippen LogP contribution in [0.5, 0.6) is 0 Å². The van der Waals surface area contributed by atoms with Crippen LogP contribution in [0.15, 0.2) is 146 Å². The van der Waals surface area contributed by atoms with Crippen LogP contribution in [-0.2, 0) is 5.41 Å². The quantitative estimate of drug-likeness (QED) is 0.0996. The molecule has 0 aliphatic heterocycles. The molecule has 0 heterocycles. The molecule has 1 aliphatic rings. The van der Waals surface area contributed by atoms with Crippen LogP contribution < -0.4 is 11.5 Å². The lowest BCUT2D eigenvalue weighted by atomic mass is 9.67. The van der Waals surface area contributed by atoms with Crippen LogP contribution in [0, 0.1) is 11.3 Å². The summed E-state index contributed by atoms with van der Waals surface area (Å²) in [6.07, 6.45) is 18.4. The van der Waals surface area contributed by atoms with E-state index in [0.717, 1.165) is 35.1 Å². The van der Waals surface area contributed by atoms with Gasteiger partial charge in [0.25, 0.3) is 0 Å². The Balaban J connectivity index is 1.71. The second kappa shape index (κ2) is 13.6. The van der Waals surface area contributed by atoms with Crippen LogP contribution in [0.25, 0.3) is 28.9 Å². The number of hydrogen-bond acceptors (Lipinski definition) is 3. The topological polar surface area (TPSA) is 75.8 Å². The monoisotopic (exact) mass is 571 g/mol. The summed E-state index contributed by atoms with van der Waals surface area (Å²) in [5.74, 6) is 0. The maximum absolute atomic E-state index is 9.23. The lowest BCUT2D eigenvalue weighted by molar-refractivity contribution is 0.768. The number of rotatable bonds is 10. The van der Waals surface area contributed by atoms with Gasteiger partial charge in [0.1, 0.15) is 0 Å². The van der Waals surface area contributed by atoms with Crippen molar-refractivity contribution in [3.63, 3.8) is 0 Å². The minimum Gasteiger partial charge on any atom is -0.405 e. The third-order valence-corrected chi connectivity index (χ3v) is 8.25. The van der Waals surface area contributed by atoms with Crippen molar-refractivity contribution in [2.75, 3.05) is 0 Å². The summed E-state index contributed by atoms with van der Waals surface area (Å²) in [6.45, 7) is 6.30. The molecule has 216 valence electrons. The van der Waals surface area contributed by atoms with Crippen LogP contribution in [0.1, 0.15) is 58.7 Å². The number of unbranched alkanes of at least 4 members (excludes halogenated alkanes) is 1. The zero-order valence-corrected chi connectivity index (χ0v) is 25.1. The molecule has 0 amide bonds. The third-order valence-electron chi connectivity index (χ3n) is 8.25. The standard InChI is InChI=1S/C41H37N3/c1-3-14-31-22-24-38-40(36(31)4-2)37-23-21-32(33(29-44)16-9-5-8-15-30(28-43)25-26-42)27-39(37)41(38,34-17-10-6-11-18-34)35-19-12-7-13-20-35/h3-4,6-7,9-27,29H,2,5,8,42,44H2,1H3/b14-3-,16-9-,26-25-,30-15+,33-29+. The average molecular weight is 572 g/mol. The molecule has 1 aliphatic carbocycles. The zero-order chi connectivity index (χ0) is 30.9. The van der Waals surface area contributed by atoms with Crippen LogP contribution >= 0.6 is 0 Å². The van der Waals surface area contributed by atoms with Crippen LogP contribution in [-0.4, -0.2) is 0 Å². The van der Waals surface area contributed by atoms with Gasteiger partial charge in [0.05, 0.1) is 11.5 Å². The molecule has 0 unspecified atom stereocenters. The number of allylic oxidation sites excluding steroid dienone is 7. The Labute approximate surface area is 261 Å². The normalized spacial score (nSPS) is 14.2. The Hall–Kier alpha value is -5.59. The van der Waals surface area contributed by atoms with Gasteiger partial charge in [0.2, 0.25) is 0 Å². The summed E-state index contributed by atoms with van der Waals surface area (Å²) < 4.78 is 0. The van der Waals surface area contributed by atoms with Gasteiger partial charge in [-0.15, -0.1) is 0 Å². The van der Waals surface area contributed by atoms with Gasteiger partial charge in [-0.05, 0) is 93.8 Å². The van der Waals surface area contributed by atoms with Crippen molar-refractivity contribution in [3.8, 4) is 17.2 Å². The van der Waals surface area contributed by atoms with Crippen LogP contribution in [0.4, 0.5) is 0 Å². The van der Waals surface area contributed by atoms with E-state index >= 15 is 0 Å². The summed E-state index contributed by atoms with van der Waals surface area (Å²) >= 11 is 0. The molecule has 0 saturated heterocycles. The molecule has 0 bridgehead atoms. The van der Waals surface area contributed by atoms with E-state index in [0.29, 0.717) is 5.57 Å². The van der Waals surface area contributed by atoms with E-state index in [9.17, 15) is 5.26 Å². The molecule has 0 spiro atoms. The fourth-order valence-electron chi connectivity index (χ4n) is 6.39. The largest absolute Gasteiger partial charge is 0.405 e. The van der Waals surface area contributed by atoms with Gasteiger partial charge in [0.15, 0.2) is 0 Å². The van der Waals surface area contributed by atoms with Crippen molar-refractivity contribution in [1.29, 1.82) is 5.26 Å². The van der Waals surface area contributed by atoms with E-state index in [2.05, 4.69) is 128 Å². The minimum atomic E-state index is -0.534. The smallest absolute Gasteiger partial charge is 0.0988 e. The van der Waals surface area contributed by atoms with E-state index in [1.165, 1.54) is 39.6 Å². The first kappa shape index (κ1) is 29.9. The van der Waals surface area contributed by atoms with E-state index < -0.39 is 5.41 Å². The predicted molar refractivity (Wildman–Crippen MR) is 186 cm³/mol. The lowest BCUT2D eigenvalue weighted by Crippen LogP contribution is -2.28. The van der Waals surface area contributed by atoms with Crippen molar-refractivity contribution in [2.24, 2.45) is 11.5 Å². The SMILES string of the molecule is C=Cc1c(/C=C\C)ccc2c1-c1ccc(C(/C=C\CC/C=C(C#N)\C=C/N)=C/N)cc1C2(c1ccccc1)c1ccccc1. The second-order valence-electron chi connectivity index (χ2n) is 10.7. The maximum atomic E-state index is 9.23. The molecule has 5 rings (SSSR count). The molecular formula is C41H37N3. The van der Waals surface area contributed by atoms with Crippen LogP contribution in [0.2, 0.25) is 0 Å². The first-order valence-electron chi connectivity index (χ1n) is 14.9. The summed E-state index contributed by atoms with van der Waals surface area (Å²) in [5, 5.41) is 9.23. The predicted octanol–water partition coefficient (Wildman–Crippen LogP) is 9.28. The molecule has 3 heteroatoms. The molecule has 3 nitrogen and oxygen atoms in total. The Morgan fingerprint density at radius 1 is 0.864 bits per heavy atom. The summed E-state index contributed by atoms with van der Waals surface area (Å²) in [5.41, 5.74) is 23.2. The highest BCUT2D eigenvalue weighted by Crippen LogP contribution is 2.58. The van der Waals surface area contributed by atoms with Crippen molar-refractivity contribution in [3.05, 3.63) is 185 Å². The van der Waals surface area contributed by atoms with Crippen LogP contribution in [0.3, 0.4) is 0 Å². The summed E-state index contributed by atoms with van der Waals surface area (Å²) in [4.78, 5) is 0. The highest BCUT2D eigenvalue weighted by molar-refractivity contribution is 5.94. The van der Waals surface area contributed by atoms with Gasteiger partial charge in [0, 0.05) is 11.8 Å². The van der Waals surface area contributed by atoms with E-state index in [4.69, 9.17) is 11.5 Å². The first-order chi connectivity index (χ1) is 21.6. The third kappa shape index (κ3) is 5.35. The van der Waals surface area contributed by atoms with Crippen molar-refractivity contribution < 1.29 is 0 Å². The van der Waals surface area contributed by atoms with Gasteiger partial charge in [-0.25, -0.2) is 0 Å². The zero-order valence-electron chi connectivity index (χ0n) is 25.1. The number of fused-ring (bicyclic) bond motifs is 3. The van der Waals surface area contributed by atoms with E-state index in [1.54, 1.807) is 12.3 Å². The van der Waals surface area contributed by atoms with E-state index in [-0.39, 0.29) is 0 Å². The molecule has 4 aromatic carbocycles. The number of benzene rings is 4. The molecular weight excluding hydrogens is 534 g/mol. The summed E-state index contributed by atoms with van der Waals surface area (Å²) in [6, 6.07) is 34.9. The Bertz CT molecular complexity index is 1810. The number of nitrogens with zero attached hydrogens (tertiary/aromatic N) is 1. The van der Waals surface area contributed by atoms with Crippen molar-refractivity contribution in [2.45, 2.75) is 25.2 Å². The van der Waals surface area contributed by atoms with Crippen molar-refractivity contribution in [1.82, 2.24) is 0 Å². The van der Waals surface area contributed by atoms with Gasteiger partial charge in [-0.1, -0.05) is 128 Å². The number of hydrogen-bond donors (Lipinski definition) is 2. The molecule has 0 saturated carbocycles. The highest BCUT2D eigenvalue weighted by Gasteiger charge is 2.47. The summed E-state index contributed by atoms with van der Waals surface area (Å²) in [7, 11) is 0. The fraction of sp³-hybridized carbons (Fsp3) is 0.0976. The molecule has 0 fully saturated rings. The molecule has 4 aromatic rings. The minimum absolute atomic E-state index is 0.534. The van der Waals surface area contributed by atoms with Crippen molar-refractivity contribution >= 4 is 17.7 Å². The highest BCUT2D eigenvalue weighted by atomic mass is 14.5. The molecule has 44 heavy (non-hydrogen) atoms. The van der Waals surface area contributed by atoms with Gasteiger partial charge in [-0.2, -0.15) is 5.26 Å². The number of nitriles is 1. The Morgan fingerprint density at radius 2 is 1.57 bits per heavy atom. The second-order valence-corrected chi connectivity index (χ2v) is 10.7. The molecule has 0 atom stereocenters. The first-order valence-corrected chi connectivity index (χ1v) is 14.9. The average Bonchev–Trinajstić information content (AvgIpc) is 3.37. The van der Waals surface area contributed by atoms with Gasteiger partial charge >= 0.3 is 0 Å². The fourth-order valence-corrected chi connectivity index (χ4v) is 6.39. The Kier molecular flexibility index (Phi) is 9.23. The molecule has 4 N–H and O–H groups in total. The molecule has 0 radical (unpaired) electrons. The van der Waals surface area contributed by atoms with Gasteiger partial charge in [-0.3, -0.25) is 0 Å². The van der Waals surface area contributed by atoms with Gasteiger partial charge < -0.3 is 11.5 Å². The molecule has 0 aromatic heterocycles. The Morgan fingerprint density at radius 3 is 2.16 bits per heavy atom. The number of nitrogens with two attached hydrogens (primary N) is 2. The maximum Gasteiger partial charge on any atom is 0.0988 e. The lowest BCUT2D eigenvalue weighted by Gasteiger charge is -2.34.